The summed E-state index contributed by atoms with van der Waals surface area (Å²) in [7, 11) is 2.01. The van der Waals surface area contributed by atoms with Gasteiger partial charge in [0.15, 0.2) is 0 Å². The fourth-order valence-corrected chi connectivity index (χ4v) is 4.08. The van der Waals surface area contributed by atoms with Crippen LogP contribution in [0.1, 0.15) is 37.2 Å². The molecule has 2 atom stereocenters. The average Bonchev–Trinajstić information content (AvgIpc) is 3.25. The smallest absolute Gasteiger partial charge is 0.308 e. The van der Waals surface area contributed by atoms with Gasteiger partial charge in [-0.3, -0.25) is 14.5 Å². The van der Waals surface area contributed by atoms with E-state index in [9.17, 15) is 14.7 Å². The van der Waals surface area contributed by atoms with Gasteiger partial charge < -0.3 is 10.0 Å². The first-order chi connectivity index (χ1) is 11.6. The van der Waals surface area contributed by atoms with Crippen molar-refractivity contribution in [3.05, 3.63) is 35.9 Å². The van der Waals surface area contributed by atoms with E-state index in [1.54, 1.807) is 4.90 Å². The highest BCUT2D eigenvalue weighted by molar-refractivity contribution is 5.81. The van der Waals surface area contributed by atoms with Crippen LogP contribution in [-0.2, 0) is 9.59 Å². The van der Waals surface area contributed by atoms with Gasteiger partial charge in [-0.1, -0.05) is 43.2 Å². The lowest BCUT2D eigenvalue weighted by Gasteiger charge is -2.26. The van der Waals surface area contributed by atoms with E-state index < -0.39 is 11.9 Å². The second-order valence-corrected chi connectivity index (χ2v) is 7.11. The molecule has 1 N–H and O–H groups in total. The number of rotatable bonds is 5. The zero-order chi connectivity index (χ0) is 17.1. The summed E-state index contributed by atoms with van der Waals surface area (Å²) in [5, 5.41) is 9.55. The Kier molecular flexibility index (Phi) is 5.19. The fourth-order valence-electron chi connectivity index (χ4n) is 4.08. The molecule has 2 fully saturated rings. The lowest BCUT2D eigenvalue weighted by molar-refractivity contribution is -0.141. The maximum atomic E-state index is 12.6. The average molecular weight is 330 g/mol. The normalized spacial score (nSPS) is 24.7. The standard InChI is InChI=1S/C19H26N2O3/c1-20(15-9-5-6-10-15)13-18(22)21-11-16(17(12-21)19(23)24)14-7-3-2-4-8-14/h2-4,7-8,15-17H,5-6,9-13H2,1H3,(H,23,24). The van der Waals surface area contributed by atoms with Gasteiger partial charge in [-0.15, -0.1) is 0 Å². The van der Waals surface area contributed by atoms with Gasteiger partial charge in [0.2, 0.25) is 5.91 Å². The number of likely N-dealkylation sites (tertiary alicyclic amines) is 1. The number of hydrogen-bond donors (Lipinski definition) is 1. The minimum Gasteiger partial charge on any atom is -0.481 e. The molecule has 130 valence electrons. The Bertz CT molecular complexity index is 584. The van der Waals surface area contributed by atoms with Gasteiger partial charge in [-0.25, -0.2) is 0 Å². The number of nitrogens with zero attached hydrogens (tertiary/aromatic N) is 2. The van der Waals surface area contributed by atoms with Crippen molar-refractivity contribution in [2.75, 3.05) is 26.7 Å². The number of benzene rings is 1. The highest BCUT2D eigenvalue weighted by Crippen LogP contribution is 2.33. The third-order valence-corrected chi connectivity index (χ3v) is 5.55. The molecule has 1 aliphatic heterocycles. The molecule has 1 amide bonds. The quantitative estimate of drug-likeness (QED) is 0.899. The zero-order valence-corrected chi connectivity index (χ0v) is 14.2. The molecule has 1 aromatic rings. The first-order valence-electron chi connectivity index (χ1n) is 8.82. The Morgan fingerprint density at radius 2 is 1.83 bits per heavy atom. The van der Waals surface area contributed by atoms with E-state index >= 15 is 0 Å². The van der Waals surface area contributed by atoms with Crippen molar-refractivity contribution < 1.29 is 14.7 Å². The summed E-state index contributed by atoms with van der Waals surface area (Å²) >= 11 is 0. The van der Waals surface area contributed by atoms with Crippen molar-refractivity contribution in [1.29, 1.82) is 0 Å². The number of carboxylic acids is 1. The Labute approximate surface area is 143 Å². The molecule has 3 rings (SSSR count). The molecular weight excluding hydrogens is 304 g/mol. The van der Waals surface area contributed by atoms with E-state index in [4.69, 9.17) is 0 Å². The lowest BCUT2D eigenvalue weighted by atomic mass is 9.89. The van der Waals surface area contributed by atoms with E-state index in [-0.39, 0.29) is 11.8 Å². The van der Waals surface area contributed by atoms with Gasteiger partial charge in [0.1, 0.15) is 0 Å². The second kappa shape index (κ2) is 7.34. The minimum atomic E-state index is -0.816. The molecule has 0 radical (unpaired) electrons. The van der Waals surface area contributed by atoms with E-state index in [2.05, 4.69) is 4.90 Å². The summed E-state index contributed by atoms with van der Waals surface area (Å²) in [6.45, 7) is 1.20. The molecule has 1 aromatic carbocycles. The first kappa shape index (κ1) is 17.0. The van der Waals surface area contributed by atoms with Crippen molar-refractivity contribution in [1.82, 2.24) is 9.80 Å². The number of carbonyl (C=O) groups excluding carboxylic acids is 1. The van der Waals surface area contributed by atoms with Gasteiger partial charge in [0, 0.05) is 25.0 Å². The van der Waals surface area contributed by atoms with Crippen LogP contribution in [0.2, 0.25) is 0 Å². The number of aliphatic carboxylic acids is 1. The van der Waals surface area contributed by atoms with E-state index in [1.165, 1.54) is 12.8 Å². The highest BCUT2D eigenvalue weighted by atomic mass is 16.4. The monoisotopic (exact) mass is 330 g/mol. The molecular formula is C19H26N2O3. The van der Waals surface area contributed by atoms with Crippen LogP contribution in [0.5, 0.6) is 0 Å². The summed E-state index contributed by atoms with van der Waals surface area (Å²) in [5.74, 6) is -1.41. The molecule has 1 saturated heterocycles. The third kappa shape index (κ3) is 3.61. The molecule has 5 nitrogen and oxygen atoms in total. The van der Waals surface area contributed by atoms with Crippen LogP contribution in [-0.4, -0.2) is 59.5 Å². The number of hydrogen-bond acceptors (Lipinski definition) is 3. The molecule has 0 aromatic heterocycles. The molecule has 1 saturated carbocycles. The van der Waals surface area contributed by atoms with Crippen LogP contribution in [0, 0.1) is 5.92 Å². The van der Waals surface area contributed by atoms with Gasteiger partial charge in [0.25, 0.3) is 0 Å². The summed E-state index contributed by atoms with van der Waals surface area (Å²) < 4.78 is 0. The SMILES string of the molecule is CN(CC(=O)N1CC(C(=O)O)C(c2ccccc2)C1)C1CCCC1. The predicted molar refractivity (Wildman–Crippen MR) is 91.8 cm³/mol. The number of likely N-dealkylation sites (N-methyl/N-ethyl adjacent to an activating group) is 1. The summed E-state index contributed by atoms with van der Waals surface area (Å²) in [4.78, 5) is 28.2. The van der Waals surface area contributed by atoms with Gasteiger partial charge in [-0.05, 0) is 25.5 Å². The highest BCUT2D eigenvalue weighted by Gasteiger charge is 2.40. The van der Waals surface area contributed by atoms with Crippen LogP contribution in [0.3, 0.4) is 0 Å². The number of carbonyl (C=O) groups is 2. The van der Waals surface area contributed by atoms with Gasteiger partial charge in [-0.2, -0.15) is 0 Å². The second-order valence-electron chi connectivity index (χ2n) is 7.11. The van der Waals surface area contributed by atoms with Crippen molar-refractivity contribution in [3.63, 3.8) is 0 Å². The number of carboxylic acid groups (broad SMARTS) is 1. The maximum absolute atomic E-state index is 12.6. The minimum absolute atomic E-state index is 0.0501. The van der Waals surface area contributed by atoms with Crippen LogP contribution in [0.25, 0.3) is 0 Å². The Morgan fingerprint density at radius 1 is 1.17 bits per heavy atom. The maximum Gasteiger partial charge on any atom is 0.308 e. The number of amides is 1. The lowest BCUT2D eigenvalue weighted by Crippen LogP contribution is -2.41. The zero-order valence-electron chi connectivity index (χ0n) is 14.2. The van der Waals surface area contributed by atoms with E-state index in [0.717, 1.165) is 18.4 Å². The van der Waals surface area contributed by atoms with Crippen LogP contribution >= 0.6 is 0 Å². The third-order valence-electron chi connectivity index (χ3n) is 5.55. The Hall–Kier alpha value is -1.88. The Morgan fingerprint density at radius 3 is 2.46 bits per heavy atom. The molecule has 0 spiro atoms. The molecule has 5 heteroatoms. The first-order valence-corrected chi connectivity index (χ1v) is 8.82. The molecule has 0 bridgehead atoms. The van der Waals surface area contributed by atoms with Crippen LogP contribution < -0.4 is 0 Å². The van der Waals surface area contributed by atoms with Crippen molar-refractivity contribution in [2.24, 2.45) is 5.92 Å². The van der Waals surface area contributed by atoms with Crippen LogP contribution in [0.15, 0.2) is 30.3 Å². The molecule has 24 heavy (non-hydrogen) atoms. The largest absolute Gasteiger partial charge is 0.481 e. The topological polar surface area (TPSA) is 60.9 Å². The van der Waals surface area contributed by atoms with Crippen LogP contribution in [0.4, 0.5) is 0 Å². The molecule has 1 heterocycles. The van der Waals surface area contributed by atoms with E-state index in [0.29, 0.717) is 25.7 Å². The van der Waals surface area contributed by atoms with E-state index in [1.807, 2.05) is 37.4 Å². The van der Waals surface area contributed by atoms with Crippen molar-refractivity contribution in [3.8, 4) is 0 Å². The molecule has 2 aliphatic rings. The van der Waals surface area contributed by atoms with Crippen molar-refractivity contribution >= 4 is 11.9 Å². The van der Waals surface area contributed by atoms with Gasteiger partial charge >= 0.3 is 5.97 Å². The predicted octanol–water partition coefficient (Wildman–Crippen LogP) is 2.19. The summed E-state index contributed by atoms with van der Waals surface area (Å²) in [6.07, 6.45) is 4.80. The fraction of sp³-hybridized carbons (Fsp3) is 0.579. The van der Waals surface area contributed by atoms with Crippen molar-refractivity contribution in [2.45, 2.75) is 37.6 Å². The molecule has 2 unspecified atom stereocenters. The summed E-state index contributed by atoms with van der Waals surface area (Å²) in [5.41, 5.74) is 1.00. The van der Waals surface area contributed by atoms with Gasteiger partial charge in [0.05, 0.1) is 12.5 Å². The molecule has 1 aliphatic carbocycles. The Balaban J connectivity index is 1.66. The summed E-state index contributed by atoms with van der Waals surface area (Å²) in [6, 6.07) is 10.2.